The first kappa shape index (κ1) is 13.6. The molecule has 1 N–H and O–H groups in total. The molecule has 0 radical (unpaired) electrons. The van der Waals surface area contributed by atoms with E-state index in [4.69, 9.17) is 4.42 Å². The van der Waals surface area contributed by atoms with Crippen LogP contribution in [0.3, 0.4) is 0 Å². The van der Waals surface area contributed by atoms with Crippen LogP contribution in [-0.2, 0) is 13.1 Å². The molecule has 1 aliphatic rings. The van der Waals surface area contributed by atoms with Crippen LogP contribution >= 0.6 is 0 Å². The lowest BCUT2D eigenvalue weighted by Crippen LogP contribution is -2.26. The number of furan rings is 1. The third kappa shape index (κ3) is 4.14. The van der Waals surface area contributed by atoms with E-state index in [1.807, 2.05) is 6.26 Å². The SMILES string of the molecule is CCCN(Cc1cc(CNC(C)C)co1)C1CC1. The molecule has 1 fully saturated rings. The molecular weight excluding hydrogens is 224 g/mol. The van der Waals surface area contributed by atoms with Gasteiger partial charge >= 0.3 is 0 Å². The summed E-state index contributed by atoms with van der Waals surface area (Å²) in [6.45, 7) is 9.63. The van der Waals surface area contributed by atoms with E-state index in [0.717, 1.165) is 24.9 Å². The molecule has 1 aromatic rings. The van der Waals surface area contributed by atoms with Crippen LogP contribution in [0, 0.1) is 0 Å². The monoisotopic (exact) mass is 250 g/mol. The first-order valence-corrected chi connectivity index (χ1v) is 7.22. The van der Waals surface area contributed by atoms with Crippen LogP contribution in [0.25, 0.3) is 0 Å². The molecule has 0 atom stereocenters. The van der Waals surface area contributed by atoms with Gasteiger partial charge < -0.3 is 9.73 Å². The molecule has 0 unspecified atom stereocenters. The van der Waals surface area contributed by atoms with Gasteiger partial charge in [0.1, 0.15) is 5.76 Å². The van der Waals surface area contributed by atoms with Crippen molar-refractivity contribution in [2.45, 2.75) is 65.2 Å². The van der Waals surface area contributed by atoms with Gasteiger partial charge in [0, 0.05) is 24.2 Å². The fourth-order valence-electron chi connectivity index (χ4n) is 2.24. The van der Waals surface area contributed by atoms with Crippen LogP contribution in [0.4, 0.5) is 0 Å². The molecular formula is C15H26N2O. The number of rotatable bonds is 8. The topological polar surface area (TPSA) is 28.4 Å². The van der Waals surface area contributed by atoms with E-state index in [1.165, 1.54) is 31.4 Å². The van der Waals surface area contributed by atoms with Crippen molar-refractivity contribution in [2.75, 3.05) is 6.54 Å². The second kappa shape index (κ2) is 6.39. The van der Waals surface area contributed by atoms with Crippen molar-refractivity contribution in [1.82, 2.24) is 10.2 Å². The van der Waals surface area contributed by atoms with Crippen LogP contribution in [0.15, 0.2) is 16.7 Å². The lowest BCUT2D eigenvalue weighted by atomic mass is 10.2. The molecule has 3 heteroatoms. The molecule has 0 bridgehead atoms. The summed E-state index contributed by atoms with van der Waals surface area (Å²) in [6, 6.07) is 3.53. The molecule has 1 aromatic heterocycles. The number of nitrogens with one attached hydrogen (secondary N) is 1. The Hall–Kier alpha value is -0.800. The van der Waals surface area contributed by atoms with E-state index in [9.17, 15) is 0 Å². The molecule has 0 spiro atoms. The number of hydrogen-bond donors (Lipinski definition) is 1. The maximum atomic E-state index is 5.67. The summed E-state index contributed by atoms with van der Waals surface area (Å²) in [7, 11) is 0. The third-order valence-corrected chi connectivity index (χ3v) is 3.36. The first-order valence-electron chi connectivity index (χ1n) is 7.22. The van der Waals surface area contributed by atoms with Crippen molar-refractivity contribution in [3.63, 3.8) is 0 Å². The highest BCUT2D eigenvalue weighted by Gasteiger charge is 2.28. The summed E-state index contributed by atoms with van der Waals surface area (Å²) in [6.07, 6.45) is 5.84. The average Bonchev–Trinajstić information content (AvgIpc) is 3.08. The Morgan fingerprint density at radius 1 is 1.44 bits per heavy atom. The van der Waals surface area contributed by atoms with Crippen LogP contribution < -0.4 is 5.32 Å². The zero-order valence-corrected chi connectivity index (χ0v) is 11.9. The second-order valence-electron chi connectivity index (χ2n) is 5.66. The average molecular weight is 250 g/mol. The second-order valence-corrected chi connectivity index (χ2v) is 5.66. The van der Waals surface area contributed by atoms with Crippen molar-refractivity contribution in [2.24, 2.45) is 0 Å². The fraction of sp³-hybridized carbons (Fsp3) is 0.733. The maximum Gasteiger partial charge on any atom is 0.118 e. The summed E-state index contributed by atoms with van der Waals surface area (Å²) in [5.41, 5.74) is 1.26. The van der Waals surface area contributed by atoms with E-state index in [1.54, 1.807) is 0 Å². The van der Waals surface area contributed by atoms with E-state index < -0.39 is 0 Å². The lowest BCUT2D eigenvalue weighted by molar-refractivity contribution is 0.234. The van der Waals surface area contributed by atoms with E-state index in [-0.39, 0.29) is 0 Å². The first-order chi connectivity index (χ1) is 8.69. The molecule has 3 nitrogen and oxygen atoms in total. The van der Waals surface area contributed by atoms with Gasteiger partial charge in [-0.2, -0.15) is 0 Å². The number of hydrogen-bond acceptors (Lipinski definition) is 3. The van der Waals surface area contributed by atoms with E-state index in [0.29, 0.717) is 6.04 Å². The predicted molar refractivity (Wildman–Crippen MR) is 74.4 cm³/mol. The molecule has 1 aliphatic carbocycles. The minimum Gasteiger partial charge on any atom is -0.468 e. The Kier molecular flexibility index (Phi) is 4.84. The molecule has 1 heterocycles. The van der Waals surface area contributed by atoms with Gasteiger partial charge in [-0.05, 0) is 31.9 Å². The summed E-state index contributed by atoms with van der Waals surface area (Å²) in [4.78, 5) is 2.55. The molecule has 2 rings (SSSR count). The van der Waals surface area contributed by atoms with Crippen molar-refractivity contribution >= 4 is 0 Å². The van der Waals surface area contributed by atoms with Gasteiger partial charge in [0.05, 0.1) is 12.8 Å². The van der Waals surface area contributed by atoms with Crippen LogP contribution in [0.5, 0.6) is 0 Å². The van der Waals surface area contributed by atoms with Gasteiger partial charge in [0.2, 0.25) is 0 Å². The molecule has 18 heavy (non-hydrogen) atoms. The predicted octanol–water partition coefficient (Wildman–Crippen LogP) is 3.15. The van der Waals surface area contributed by atoms with Gasteiger partial charge in [-0.3, -0.25) is 4.90 Å². The van der Waals surface area contributed by atoms with Crippen molar-refractivity contribution in [3.05, 3.63) is 23.7 Å². The van der Waals surface area contributed by atoms with Gasteiger partial charge in [0.25, 0.3) is 0 Å². The number of nitrogens with zero attached hydrogens (tertiary/aromatic N) is 1. The van der Waals surface area contributed by atoms with Crippen molar-refractivity contribution in [3.8, 4) is 0 Å². The highest BCUT2D eigenvalue weighted by Crippen LogP contribution is 2.28. The normalized spacial score (nSPS) is 15.8. The van der Waals surface area contributed by atoms with E-state index in [2.05, 4.69) is 37.1 Å². The van der Waals surface area contributed by atoms with Crippen molar-refractivity contribution in [1.29, 1.82) is 0 Å². The smallest absolute Gasteiger partial charge is 0.118 e. The minimum atomic E-state index is 0.520. The van der Waals surface area contributed by atoms with Crippen LogP contribution in [0.2, 0.25) is 0 Å². The van der Waals surface area contributed by atoms with Gasteiger partial charge in [-0.15, -0.1) is 0 Å². The molecule has 1 saturated carbocycles. The quantitative estimate of drug-likeness (QED) is 0.768. The standard InChI is InChI=1S/C15H26N2O/c1-4-7-17(14-5-6-14)10-15-8-13(11-18-15)9-16-12(2)3/h8,11-12,14,16H,4-7,9-10H2,1-3H3. The van der Waals surface area contributed by atoms with Gasteiger partial charge in [0.15, 0.2) is 0 Å². The Balaban J connectivity index is 1.84. The Bertz CT molecular complexity index is 355. The largest absolute Gasteiger partial charge is 0.468 e. The minimum absolute atomic E-state index is 0.520. The Morgan fingerprint density at radius 3 is 2.83 bits per heavy atom. The van der Waals surface area contributed by atoms with Gasteiger partial charge in [-0.25, -0.2) is 0 Å². The van der Waals surface area contributed by atoms with Crippen LogP contribution in [0.1, 0.15) is 51.4 Å². The van der Waals surface area contributed by atoms with Gasteiger partial charge in [-0.1, -0.05) is 20.8 Å². The highest BCUT2D eigenvalue weighted by atomic mass is 16.3. The lowest BCUT2D eigenvalue weighted by Gasteiger charge is -2.19. The molecule has 0 aromatic carbocycles. The zero-order chi connectivity index (χ0) is 13.0. The third-order valence-electron chi connectivity index (χ3n) is 3.36. The van der Waals surface area contributed by atoms with Crippen LogP contribution in [-0.4, -0.2) is 23.5 Å². The summed E-state index contributed by atoms with van der Waals surface area (Å²) in [5.74, 6) is 1.11. The Morgan fingerprint density at radius 2 is 2.22 bits per heavy atom. The zero-order valence-electron chi connectivity index (χ0n) is 11.9. The summed E-state index contributed by atoms with van der Waals surface area (Å²) in [5, 5.41) is 3.42. The summed E-state index contributed by atoms with van der Waals surface area (Å²) >= 11 is 0. The molecule has 0 saturated heterocycles. The highest BCUT2D eigenvalue weighted by molar-refractivity contribution is 5.13. The molecule has 0 aliphatic heterocycles. The summed E-state index contributed by atoms with van der Waals surface area (Å²) < 4.78 is 5.67. The molecule has 0 amide bonds. The maximum absolute atomic E-state index is 5.67. The van der Waals surface area contributed by atoms with Crippen molar-refractivity contribution < 1.29 is 4.42 Å². The molecule has 102 valence electrons. The Labute approximate surface area is 111 Å². The fourth-order valence-corrected chi connectivity index (χ4v) is 2.24. The van der Waals surface area contributed by atoms with E-state index >= 15 is 0 Å².